The van der Waals surface area contributed by atoms with Gasteiger partial charge in [-0.2, -0.15) is 0 Å². The number of nitrogens with zero attached hydrogens (tertiary/aromatic N) is 1. The van der Waals surface area contributed by atoms with Crippen LogP contribution in [0, 0.1) is 0 Å². The molecule has 0 aromatic heterocycles. The smallest absolute Gasteiger partial charge is 0.407 e. The Morgan fingerprint density at radius 1 is 1.50 bits per heavy atom. The second kappa shape index (κ2) is 6.95. The molecule has 106 valence electrons. The molecule has 1 unspecified atom stereocenters. The van der Waals surface area contributed by atoms with Gasteiger partial charge >= 0.3 is 6.09 Å². The van der Waals surface area contributed by atoms with Crippen molar-refractivity contribution in [2.24, 2.45) is 5.73 Å². The monoisotopic (exact) mass is 257 g/mol. The summed E-state index contributed by atoms with van der Waals surface area (Å²) in [6, 6.07) is 0.200. The third kappa shape index (κ3) is 6.21. The van der Waals surface area contributed by atoms with Crippen LogP contribution in [0.15, 0.2) is 0 Å². The molecule has 1 rings (SSSR count). The number of ether oxygens (including phenoxy) is 1. The van der Waals surface area contributed by atoms with E-state index in [0.717, 1.165) is 45.4 Å². The molecule has 1 saturated heterocycles. The predicted octanol–water partition coefficient (Wildman–Crippen LogP) is 1.32. The topological polar surface area (TPSA) is 67.6 Å². The summed E-state index contributed by atoms with van der Waals surface area (Å²) in [6.45, 7) is 9.37. The van der Waals surface area contributed by atoms with Gasteiger partial charge in [-0.25, -0.2) is 4.79 Å². The van der Waals surface area contributed by atoms with E-state index in [1.54, 1.807) is 0 Å². The Morgan fingerprint density at radius 3 is 2.83 bits per heavy atom. The maximum Gasteiger partial charge on any atom is 0.407 e. The zero-order chi connectivity index (χ0) is 13.6. The van der Waals surface area contributed by atoms with Crippen molar-refractivity contribution >= 4 is 6.09 Å². The number of carbonyl (C=O) groups excluding carboxylic acids is 1. The molecule has 18 heavy (non-hydrogen) atoms. The van der Waals surface area contributed by atoms with Crippen LogP contribution in [0.1, 0.15) is 40.0 Å². The highest BCUT2D eigenvalue weighted by atomic mass is 16.6. The van der Waals surface area contributed by atoms with E-state index in [0.29, 0.717) is 0 Å². The van der Waals surface area contributed by atoms with Gasteiger partial charge in [0.2, 0.25) is 0 Å². The minimum absolute atomic E-state index is 0.200. The van der Waals surface area contributed by atoms with E-state index in [1.165, 1.54) is 0 Å². The summed E-state index contributed by atoms with van der Waals surface area (Å²) in [5, 5.41) is 2.95. The zero-order valence-corrected chi connectivity index (χ0v) is 11.9. The number of likely N-dealkylation sites (tertiary alicyclic amines) is 1. The number of piperidine rings is 1. The predicted molar refractivity (Wildman–Crippen MR) is 72.5 cm³/mol. The van der Waals surface area contributed by atoms with Gasteiger partial charge < -0.3 is 20.7 Å². The van der Waals surface area contributed by atoms with E-state index < -0.39 is 5.60 Å². The molecule has 1 fully saturated rings. The van der Waals surface area contributed by atoms with Gasteiger partial charge in [0.05, 0.1) is 0 Å². The summed E-state index contributed by atoms with van der Waals surface area (Å²) in [7, 11) is 0. The third-order valence-electron chi connectivity index (χ3n) is 2.90. The first-order chi connectivity index (χ1) is 8.40. The number of amides is 1. The van der Waals surface area contributed by atoms with Crippen molar-refractivity contribution in [3.8, 4) is 0 Å². The largest absolute Gasteiger partial charge is 0.444 e. The molecule has 0 aromatic rings. The van der Waals surface area contributed by atoms with E-state index in [-0.39, 0.29) is 12.1 Å². The van der Waals surface area contributed by atoms with Gasteiger partial charge in [0.25, 0.3) is 0 Å². The van der Waals surface area contributed by atoms with Crippen molar-refractivity contribution in [3.63, 3.8) is 0 Å². The maximum atomic E-state index is 11.7. The van der Waals surface area contributed by atoms with Crippen LogP contribution >= 0.6 is 0 Å². The van der Waals surface area contributed by atoms with Gasteiger partial charge in [-0.05, 0) is 59.7 Å². The van der Waals surface area contributed by atoms with Crippen molar-refractivity contribution in [1.82, 2.24) is 10.2 Å². The highest BCUT2D eigenvalue weighted by molar-refractivity contribution is 5.68. The first kappa shape index (κ1) is 15.2. The standard InChI is InChI=1S/C13H27N3O2/c1-13(2,3)18-12(17)15-11-6-4-8-16(10-11)9-5-7-14/h11H,4-10,14H2,1-3H3,(H,15,17). The lowest BCUT2D eigenvalue weighted by Crippen LogP contribution is -2.49. The van der Waals surface area contributed by atoms with Gasteiger partial charge in [-0.15, -0.1) is 0 Å². The molecule has 0 aliphatic carbocycles. The molecule has 1 amide bonds. The Bertz CT molecular complexity index is 263. The number of alkyl carbamates (subject to hydrolysis) is 1. The molecule has 1 aliphatic rings. The number of carbonyl (C=O) groups is 1. The normalized spacial score (nSPS) is 21.7. The Balaban J connectivity index is 2.31. The molecule has 1 atom stereocenters. The van der Waals surface area contributed by atoms with Crippen LogP contribution in [0.3, 0.4) is 0 Å². The lowest BCUT2D eigenvalue weighted by atomic mass is 10.1. The fourth-order valence-corrected chi connectivity index (χ4v) is 2.17. The fourth-order valence-electron chi connectivity index (χ4n) is 2.17. The van der Waals surface area contributed by atoms with Gasteiger partial charge in [-0.1, -0.05) is 0 Å². The summed E-state index contributed by atoms with van der Waals surface area (Å²) in [5.41, 5.74) is 5.08. The van der Waals surface area contributed by atoms with E-state index in [2.05, 4.69) is 10.2 Å². The average Bonchev–Trinajstić information content (AvgIpc) is 2.24. The van der Waals surface area contributed by atoms with Gasteiger partial charge in [-0.3, -0.25) is 0 Å². The van der Waals surface area contributed by atoms with E-state index in [1.807, 2.05) is 20.8 Å². The van der Waals surface area contributed by atoms with Crippen LogP contribution in [0.2, 0.25) is 0 Å². The van der Waals surface area contributed by atoms with Crippen LogP contribution in [0.4, 0.5) is 4.79 Å². The first-order valence-corrected chi connectivity index (χ1v) is 6.82. The summed E-state index contributed by atoms with van der Waals surface area (Å²) in [6.07, 6.45) is 2.84. The van der Waals surface area contributed by atoms with Crippen LogP contribution in [-0.4, -0.2) is 48.8 Å². The van der Waals surface area contributed by atoms with Crippen LogP contribution < -0.4 is 11.1 Å². The zero-order valence-electron chi connectivity index (χ0n) is 11.9. The molecule has 0 bridgehead atoms. The molecular formula is C13H27N3O2. The summed E-state index contributed by atoms with van der Waals surface area (Å²) >= 11 is 0. The Morgan fingerprint density at radius 2 is 2.22 bits per heavy atom. The Kier molecular flexibility index (Phi) is 5.88. The molecular weight excluding hydrogens is 230 g/mol. The quantitative estimate of drug-likeness (QED) is 0.797. The minimum atomic E-state index is -0.433. The average molecular weight is 257 g/mol. The number of rotatable bonds is 4. The molecule has 0 radical (unpaired) electrons. The van der Waals surface area contributed by atoms with Crippen molar-refractivity contribution < 1.29 is 9.53 Å². The molecule has 1 heterocycles. The van der Waals surface area contributed by atoms with Crippen molar-refractivity contribution in [2.45, 2.75) is 51.7 Å². The molecule has 3 N–H and O–H groups in total. The van der Waals surface area contributed by atoms with Crippen molar-refractivity contribution in [1.29, 1.82) is 0 Å². The lowest BCUT2D eigenvalue weighted by molar-refractivity contribution is 0.0472. The highest BCUT2D eigenvalue weighted by Crippen LogP contribution is 2.12. The highest BCUT2D eigenvalue weighted by Gasteiger charge is 2.23. The Labute approximate surface area is 110 Å². The second-order valence-corrected chi connectivity index (χ2v) is 5.93. The number of nitrogens with one attached hydrogen (secondary N) is 1. The van der Waals surface area contributed by atoms with E-state index >= 15 is 0 Å². The number of hydrogen-bond acceptors (Lipinski definition) is 4. The lowest BCUT2D eigenvalue weighted by Gasteiger charge is -2.33. The first-order valence-electron chi connectivity index (χ1n) is 6.82. The van der Waals surface area contributed by atoms with Crippen LogP contribution in [0.25, 0.3) is 0 Å². The van der Waals surface area contributed by atoms with Crippen molar-refractivity contribution in [3.05, 3.63) is 0 Å². The molecule has 5 heteroatoms. The SMILES string of the molecule is CC(C)(C)OC(=O)NC1CCCN(CCCN)C1. The summed E-state index contributed by atoms with van der Waals surface area (Å²) in [4.78, 5) is 14.0. The van der Waals surface area contributed by atoms with E-state index in [9.17, 15) is 4.79 Å². The van der Waals surface area contributed by atoms with Gasteiger partial charge in [0.15, 0.2) is 0 Å². The van der Waals surface area contributed by atoms with E-state index in [4.69, 9.17) is 10.5 Å². The molecule has 5 nitrogen and oxygen atoms in total. The molecule has 0 aromatic carbocycles. The van der Waals surface area contributed by atoms with Gasteiger partial charge in [0.1, 0.15) is 5.60 Å². The summed E-state index contributed by atoms with van der Waals surface area (Å²) < 4.78 is 5.27. The maximum absolute atomic E-state index is 11.7. The summed E-state index contributed by atoms with van der Waals surface area (Å²) in [5.74, 6) is 0. The van der Waals surface area contributed by atoms with Crippen LogP contribution in [-0.2, 0) is 4.74 Å². The number of hydrogen-bond donors (Lipinski definition) is 2. The van der Waals surface area contributed by atoms with Crippen LogP contribution in [0.5, 0.6) is 0 Å². The minimum Gasteiger partial charge on any atom is -0.444 e. The number of nitrogens with two attached hydrogens (primary N) is 1. The molecule has 0 spiro atoms. The van der Waals surface area contributed by atoms with Crippen molar-refractivity contribution in [2.75, 3.05) is 26.2 Å². The van der Waals surface area contributed by atoms with Gasteiger partial charge in [0, 0.05) is 12.6 Å². The molecule has 0 saturated carbocycles. The molecule has 1 aliphatic heterocycles. The Hall–Kier alpha value is -0.810. The second-order valence-electron chi connectivity index (χ2n) is 5.93. The fraction of sp³-hybridized carbons (Fsp3) is 0.923. The third-order valence-corrected chi connectivity index (χ3v) is 2.90.